The highest BCUT2D eigenvalue weighted by Crippen LogP contribution is 2.22. The number of carbonyl (C=O) groups is 2. The molecule has 0 aromatic heterocycles. The molecule has 0 aliphatic heterocycles. The third kappa shape index (κ3) is 4.45. The molecule has 3 N–H and O–H groups in total. The number of carbonyl (C=O) groups excluding carboxylic acids is 2. The van der Waals surface area contributed by atoms with Gasteiger partial charge in [0.2, 0.25) is 0 Å². The van der Waals surface area contributed by atoms with Crippen LogP contribution in [0.25, 0.3) is 0 Å². The van der Waals surface area contributed by atoms with E-state index in [0.717, 1.165) is 18.2 Å². The molecule has 136 valence electrons. The zero-order valence-corrected chi connectivity index (χ0v) is 14.1. The molecule has 0 bridgehead atoms. The van der Waals surface area contributed by atoms with Crippen molar-refractivity contribution in [2.24, 2.45) is 0 Å². The Balaban J connectivity index is 2.10. The largest absolute Gasteiger partial charge is 0.449 e. The second-order valence-electron chi connectivity index (χ2n) is 5.19. The maximum Gasteiger partial charge on any atom is 0.341 e. The van der Waals surface area contributed by atoms with Crippen molar-refractivity contribution in [1.29, 1.82) is 0 Å². The molecule has 0 aliphatic carbocycles. The first-order valence-electron chi connectivity index (χ1n) is 7.20. The standard InChI is InChI=1S/C16H13ClFN3O5/c1-8(15(22)20-14-5-2-9(17)6-12(14)18)26-16(23)11-7-10(21(24)25)3-4-13(11)19/h2-8H,19H2,1H3,(H,20,22)/t8-/m1/s1. The Bertz CT molecular complexity index is 890. The Kier molecular flexibility index (Phi) is 5.73. The highest BCUT2D eigenvalue weighted by molar-refractivity contribution is 6.30. The molecule has 8 nitrogen and oxygen atoms in total. The molecule has 2 aromatic carbocycles. The molecule has 0 heterocycles. The number of esters is 1. The number of nitro groups is 1. The van der Waals surface area contributed by atoms with E-state index in [0.29, 0.717) is 0 Å². The summed E-state index contributed by atoms with van der Waals surface area (Å²) in [5.41, 5.74) is 4.82. The van der Waals surface area contributed by atoms with Gasteiger partial charge < -0.3 is 15.8 Å². The monoisotopic (exact) mass is 381 g/mol. The first kappa shape index (κ1) is 19.1. The van der Waals surface area contributed by atoms with E-state index < -0.39 is 28.7 Å². The van der Waals surface area contributed by atoms with Crippen molar-refractivity contribution in [3.05, 3.63) is 62.9 Å². The van der Waals surface area contributed by atoms with E-state index in [1.165, 1.54) is 25.1 Å². The number of nitrogens with two attached hydrogens (primary N) is 1. The SMILES string of the molecule is C[C@@H](OC(=O)c1cc([N+](=O)[O-])ccc1N)C(=O)Nc1ccc(Cl)cc1F. The lowest BCUT2D eigenvalue weighted by molar-refractivity contribution is -0.384. The minimum atomic E-state index is -1.31. The summed E-state index contributed by atoms with van der Waals surface area (Å²) in [4.78, 5) is 34.3. The molecule has 26 heavy (non-hydrogen) atoms. The lowest BCUT2D eigenvalue weighted by Gasteiger charge is -2.14. The van der Waals surface area contributed by atoms with Crippen LogP contribution in [0.15, 0.2) is 36.4 Å². The first-order valence-corrected chi connectivity index (χ1v) is 7.57. The molecule has 0 unspecified atom stereocenters. The average Bonchev–Trinajstić information content (AvgIpc) is 2.57. The van der Waals surface area contributed by atoms with Gasteiger partial charge in [0.15, 0.2) is 6.10 Å². The van der Waals surface area contributed by atoms with Gasteiger partial charge >= 0.3 is 5.97 Å². The minimum absolute atomic E-state index is 0.0445. The zero-order chi connectivity index (χ0) is 19.4. The molecule has 2 rings (SSSR count). The fraction of sp³-hybridized carbons (Fsp3) is 0.125. The molecular weight excluding hydrogens is 369 g/mol. The number of hydrogen-bond donors (Lipinski definition) is 2. The second kappa shape index (κ2) is 7.79. The fourth-order valence-electron chi connectivity index (χ4n) is 1.94. The molecule has 0 fully saturated rings. The fourth-order valence-corrected chi connectivity index (χ4v) is 2.10. The predicted octanol–water partition coefficient (Wildman–Crippen LogP) is 3.15. The van der Waals surface area contributed by atoms with Crippen molar-refractivity contribution in [2.45, 2.75) is 13.0 Å². The van der Waals surface area contributed by atoms with E-state index in [4.69, 9.17) is 22.1 Å². The van der Waals surface area contributed by atoms with Crippen LogP contribution in [0.1, 0.15) is 17.3 Å². The number of amides is 1. The van der Waals surface area contributed by atoms with E-state index in [1.807, 2.05) is 0 Å². The molecule has 0 saturated heterocycles. The third-order valence-corrected chi connectivity index (χ3v) is 3.54. The van der Waals surface area contributed by atoms with Gasteiger partial charge in [-0.1, -0.05) is 11.6 Å². The van der Waals surface area contributed by atoms with Gasteiger partial charge in [0.05, 0.1) is 16.2 Å². The smallest absolute Gasteiger partial charge is 0.341 e. The van der Waals surface area contributed by atoms with Crippen molar-refractivity contribution in [3.8, 4) is 0 Å². The highest BCUT2D eigenvalue weighted by Gasteiger charge is 2.23. The Morgan fingerprint density at radius 1 is 1.31 bits per heavy atom. The van der Waals surface area contributed by atoms with Crippen LogP contribution in [0.5, 0.6) is 0 Å². The van der Waals surface area contributed by atoms with Crippen LogP contribution >= 0.6 is 11.6 Å². The van der Waals surface area contributed by atoms with Crippen LogP contribution in [-0.4, -0.2) is 22.9 Å². The Morgan fingerprint density at radius 2 is 2.00 bits per heavy atom. The summed E-state index contributed by atoms with van der Waals surface area (Å²) < 4.78 is 18.6. The summed E-state index contributed by atoms with van der Waals surface area (Å²) in [5, 5.41) is 13.2. The number of non-ortho nitro benzene ring substituents is 1. The maximum atomic E-state index is 13.7. The summed E-state index contributed by atoms with van der Waals surface area (Å²) in [6, 6.07) is 6.90. The van der Waals surface area contributed by atoms with E-state index in [-0.39, 0.29) is 27.6 Å². The van der Waals surface area contributed by atoms with Crippen LogP contribution in [-0.2, 0) is 9.53 Å². The van der Waals surface area contributed by atoms with Crippen LogP contribution in [0.4, 0.5) is 21.5 Å². The molecular formula is C16H13ClFN3O5. The van der Waals surface area contributed by atoms with Crippen LogP contribution < -0.4 is 11.1 Å². The molecule has 0 spiro atoms. The molecule has 1 amide bonds. The van der Waals surface area contributed by atoms with Crippen molar-refractivity contribution < 1.29 is 23.6 Å². The summed E-state index contributed by atoms with van der Waals surface area (Å²) in [6.45, 7) is 1.26. The Labute approximate surface area is 151 Å². The lowest BCUT2D eigenvalue weighted by Crippen LogP contribution is -2.30. The van der Waals surface area contributed by atoms with E-state index in [1.54, 1.807) is 0 Å². The number of ether oxygens (including phenoxy) is 1. The Hall–Kier alpha value is -3.20. The number of anilines is 2. The Morgan fingerprint density at radius 3 is 2.62 bits per heavy atom. The molecule has 10 heteroatoms. The summed E-state index contributed by atoms with van der Waals surface area (Å²) >= 11 is 5.62. The number of nitro benzene ring substituents is 1. The van der Waals surface area contributed by atoms with Gasteiger partial charge in [-0.25, -0.2) is 9.18 Å². The van der Waals surface area contributed by atoms with Gasteiger partial charge in [-0.2, -0.15) is 0 Å². The topological polar surface area (TPSA) is 125 Å². The van der Waals surface area contributed by atoms with Gasteiger partial charge in [-0.3, -0.25) is 14.9 Å². The van der Waals surface area contributed by atoms with Crippen LogP contribution in [0, 0.1) is 15.9 Å². The average molecular weight is 382 g/mol. The normalized spacial score (nSPS) is 11.5. The molecule has 0 radical (unpaired) electrons. The maximum absolute atomic E-state index is 13.7. The number of halogens is 2. The number of nitrogen functional groups attached to an aromatic ring is 1. The zero-order valence-electron chi connectivity index (χ0n) is 13.4. The van der Waals surface area contributed by atoms with E-state index in [2.05, 4.69) is 5.32 Å². The van der Waals surface area contributed by atoms with Crippen molar-refractivity contribution >= 4 is 40.5 Å². The van der Waals surface area contributed by atoms with Gasteiger partial charge in [-0.05, 0) is 31.2 Å². The molecule has 0 saturated carbocycles. The highest BCUT2D eigenvalue weighted by atomic mass is 35.5. The predicted molar refractivity (Wildman–Crippen MR) is 92.4 cm³/mol. The van der Waals surface area contributed by atoms with Crippen molar-refractivity contribution in [3.63, 3.8) is 0 Å². The minimum Gasteiger partial charge on any atom is -0.449 e. The molecule has 1 atom stereocenters. The second-order valence-corrected chi connectivity index (χ2v) is 5.63. The van der Waals surface area contributed by atoms with Gasteiger partial charge in [0.25, 0.3) is 11.6 Å². The molecule has 2 aromatic rings. The van der Waals surface area contributed by atoms with E-state index in [9.17, 15) is 24.1 Å². The van der Waals surface area contributed by atoms with Gasteiger partial charge in [0.1, 0.15) is 5.82 Å². The number of hydrogen-bond acceptors (Lipinski definition) is 6. The van der Waals surface area contributed by atoms with Crippen molar-refractivity contribution in [2.75, 3.05) is 11.1 Å². The third-order valence-electron chi connectivity index (χ3n) is 3.31. The summed E-state index contributed by atoms with van der Waals surface area (Å²) in [6.07, 6.45) is -1.31. The number of nitrogens with one attached hydrogen (secondary N) is 1. The van der Waals surface area contributed by atoms with Crippen molar-refractivity contribution in [1.82, 2.24) is 0 Å². The lowest BCUT2D eigenvalue weighted by atomic mass is 10.1. The van der Waals surface area contributed by atoms with Gasteiger partial charge in [0, 0.05) is 22.8 Å². The van der Waals surface area contributed by atoms with E-state index >= 15 is 0 Å². The number of benzene rings is 2. The summed E-state index contributed by atoms with van der Waals surface area (Å²) in [5.74, 6) is -2.58. The first-order chi connectivity index (χ1) is 12.2. The van der Waals surface area contributed by atoms with Crippen LogP contribution in [0.3, 0.4) is 0 Å². The number of nitrogens with zero attached hydrogens (tertiary/aromatic N) is 1. The quantitative estimate of drug-likeness (QED) is 0.355. The number of rotatable bonds is 5. The molecule has 0 aliphatic rings. The van der Waals surface area contributed by atoms with Crippen LogP contribution in [0.2, 0.25) is 5.02 Å². The van der Waals surface area contributed by atoms with Gasteiger partial charge in [-0.15, -0.1) is 0 Å². The summed E-state index contributed by atoms with van der Waals surface area (Å²) in [7, 11) is 0.